The van der Waals surface area contributed by atoms with Crippen molar-refractivity contribution < 1.29 is 136 Å². The number of nitrogens with zero attached hydrogens (tertiary/aromatic N) is 4. The summed E-state index contributed by atoms with van der Waals surface area (Å²) in [6.07, 6.45) is 0. The van der Waals surface area contributed by atoms with Crippen molar-refractivity contribution >= 4 is 47.8 Å². The molecule has 0 bridgehead atoms. The Kier molecular flexibility index (Phi) is 40.5. The molecule has 0 spiro atoms. The average Bonchev–Trinajstić information content (AvgIpc) is 3.02. The van der Waals surface area contributed by atoms with E-state index < -0.39 is 60.8 Å². The summed E-state index contributed by atoms with van der Waals surface area (Å²) < 4.78 is 29.0. The van der Waals surface area contributed by atoms with Crippen LogP contribution in [0.2, 0.25) is 0 Å². The molecule has 0 aliphatic carbocycles. The normalized spacial score (nSPS) is 10.3. The van der Waals surface area contributed by atoms with Crippen LogP contribution in [0.5, 0.6) is 0 Å². The molecule has 0 radical (unpaired) electrons. The van der Waals surface area contributed by atoms with Crippen molar-refractivity contribution in [1.29, 1.82) is 0 Å². The fourth-order valence-electron chi connectivity index (χ4n) is 4.12. The second-order valence-corrected chi connectivity index (χ2v) is 10.4. The fraction of sp³-hybridized carbons (Fsp3) is 0.750. The van der Waals surface area contributed by atoms with Crippen molar-refractivity contribution in [3.8, 4) is 0 Å². The summed E-state index contributed by atoms with van der Waals surface area (Å²) in [6.45, 7) is 9.48. The van der Waals surface area contributed by atoms with Crippen molar-refractivity contribution in [2.75, 3.05) is 118 Å². The molecule has 0 amide bonds. The fourth-order valence-corrected chi connectivity index (χ4v) is 4.12. The second-order valence-electron chi connectivity index (χ2n) is 10.4. The predicted octanol–water partition coefficient (Wildman–Crippen LogP) is -9.93. The Hall–Kier alpha value is -2.40. The number of aliphatic carboxylic acids is 2. The van der Waals surface area contributed by atoms with E-state index in [1.54, 1.807) is 41.5 Å². The van der Waals surface area contributed by atoms with Gasteiger partial charge in [-0.1, -0.05) is 0 Å². The SMILES string of the molecule is CCOC(=O)CN(CCN(CC(=O)OCC)CC(=O)OCC)CC(=O)[O-].CCOC(=O)CN(CCN(CC(=O)OCC)CC(=O)OCC)CC(=O)[O-].[Na+].[Na+]. The van der Waals surface area contributed by atoms with Gasteiger partial charge in [0.25, 0.3) is 0 Å². The maximum Gasteiger partial charge on any atom is 1.00 e. The first-order valence-corrected chi connectivity index (χ1v) is 16.9. The van der Waals surface area contributed by atoms with E-state index in [9.17, 15) is 48.6 Å². The molecule has 300 valence electrons. The Balaban J connectivity index is -0.000000446. The van der Waals surface area contributed by atoms with Crippen LogP contribution in [-0.4, -0.2) is 186 Å². The standard InChI is InChI=1S/2C16H28N2O8.2Na/c2*1-4-24-14(21)10-17(9-13(19)20)7-8-18(11-15(22)25-5-2)12-16(23)26-6-3;;/h2*4-12H2,1-3H3,(H,19,20);;/q;;2*+1/p-2. The third-order valence-electron chi connectivity index (χ3n) is 6.12. The van der Waals surface area contributed by atoms with E-state index in [1.165, 1.54) is 19.6 Å². The zero-order valence-corrected chi connectivity index (χ0v) is 37.0. The minimum Gasteiger partial charge on any atom is -0.549 e. The number of carbonyl (C=O) groups is 8. The van der Waals surface area contributed by atoms with Gasteiger partial charge in [-0.15, -0.1) is 0 Å². The van der Waals surface area contributed by atoms with Crippen LogP contribution >= 0.6 is 0 Å². The van der Waals surface area contributed by atoms with Gasteiger partial charge in [0.05, 0.1) is 90.8 Å². The van der Waals surface area contributed by atoms with Crippen LogP contribution in [0.3, 0.4) is 0 Å². The quantitative estimate of drug-likeness (QED) is 0.0405. The zero-order valence-electron chi connectivity index (χ0n) is 33.0. The maximum absolute atomic E-state index is 11.7. The molecule has 54 heavy (non-hydrogen) atoms. The molecule has 0 saturated carbocycles. The van der Waals surface area contributed by atoms with Gasteiger partial charge in [0.2, 0.25) is 0 Å². The minimum atomic E-state index is -1.35. The van der Waals surface area contributed by atoms with Crippen LogP contribution in [0, 0.1) is 0 Å². The predicted molar refractivity (Wildman–Crippen MR) is 176 cm³/mol. The van der Waals surface area contributed by atoms with Crippen LogP contribution < -0.4 is 69.3 Å². The van der Waals surface area contributed by atoms with Crippen molar-refractivity contribution in [2.45, 2.75) is 41.5 Å². The van der Waals surface area contributed by atoms with Crippen LogP contribution in [0.4, 0.5) is 0 Å². The summed E-state index contributed by atoms with van der Waals surface area (Å²) in [4.78, 5) is 97.0. The van der Waals surface area contributed by atoms with Crippen LogP contribution in [0.25, 0.3) is 0 Å². The van der Waals surface area contributed by atoms with Gasteiger partial charge < -0.3 is 48.2 Å². The molecule has 0 rings (SSSR count). The monoisotopic (exact) mass is 796 g/mol. The molecule has 0 unspecified atom stereocenters. The Labute approximate surface area is 360 Å². The maximum atomic E-state index is 11.7. The number of carboxylic acids is 2. The van der Waals surface area contributed by atoms with E-state index in [-0.39, 0.29) is 164 Å². The smallest absolute Gasteiger partial charge is 0.549 e. The van der Waals surface area contributed by atoms with Gasteiger partial charge in [0.15, 0.2) is 0 Å². The third-order valence-corrected chi connectivity index (χ3v) is 6.12. The van der Waals surface area contributed by atoms with Crippen molar-refractivity contribution in [2.24, 2.45) is 0 Å². The Morgan fingerprint density at radius 2 is 0.481 bits per heavy atom. The van der Waals surface area contributed by atoms with Crippen LogP contribution in [-0.2, 0) is 66.8 Å². The van der Waals surface area contributed by atoms with E-state index in [0.29, 0.717) is 0 Å². The van der Waals surface area contributed by atoms with Gasteiger partial charge in [-0.25, -0.2) is 0 Å². The topological polar surface area (TPSA) is 251 Å². The largest absolute Gasteiger partial charge is 1.00 e. The molecule has 22 heteroatoms. The molecule has 0 fully saturated rings. The number of rotatable bonds is 28. The van der Waals surface area contributed by atoms with E-state index in [0.717, 1.165) is 0 Å². The molecule has 0 saturated heterocycles. The molecular weight excluding hydrogens is 742 g/mol. The molecule has 0 aromatic heterocycles. The van der Waals surface area contributed by atoms with Gasteiger partial charge in [0, 0.05) is 39.3 Å². The Bertz CT molecular complexity index is 995. The van der Waals surface area contributed by atoms with Gasteiger partial charge in [0.1, 0.15) is 0 Å². The molecule has 20 nitrogen and oxygen atoms in total. The van der Waals surface area contributed by atoms with Crippen molar-refractivity contribution in [3.63, 3.8) is 0 Å². The number of carbonyl (C=O) groups excluding carboxylic acids is 8. The van der Waals surface area contributed by atoms with Gasteiger partial charge in [-0.2, -0.15) is 0 Å². The van der Waals surface area contributed by atoms with Crippen LogP contribution in [0.15, 0.2) is 0 Å². The number of hydrogen-bond acceptors (Lipinski definition) is 20. The average molecular weight is 797 g/mol. The zero-order chi connectivity index (χ0) is 39.9. The summed E-state index contributed by atoms with van der Waals surface area (Å²) in [6, 6.07) is 0. The summed E-state index contributed by atoms with van der Waals surface area (Å²) >= 11 is 0. The second kappa shape index (κ2) is 37.5. The molecule has 0 heterocycles. The molecular formula is C32H54N4Na2O16. The summed E-state index contributed by atoms with van der Waals surface area (Å²) in [7, 11) is 0. The number of hydrogen-bond donors (Lipinski definition) is 0. The number of carboxylic acid groups (broad SMARTS) is 2. The molecule has 0 aliphatic heterocycles. The van der Waals surface area contributed by atoms with Crippen molar-refractivity contribution in [1.82, 2.24) is 19.6 Å². The van der Waals surface area contributed by atoms with Crippen molar-refractivity contribution in [3.05, 3.63) is 0 Å². The number of ether oxygens (including phenoxy) is 6. The van der Waals surface area contributed by atoms with Gasteiger partial charge in [-0.05, 0) is 41.5 Å². The van der Waals surface area contributed by atoms with Gasteiger partial charge in [-0.3, -0.25) is 48.4 Å². The number of esters is 6. The Morgan fingerprint density at radius 1 is 0.333 bits per heavy atom. The van der Waals surface area contributed by atoms with E-state index in [1.807, 2.05) is 0 Å². The van der Waals surface area contributed by atoms with Gasteiger partial charge >= 0.3 is 94.9 Å². The molecule has 0 atom stereocenters. The first-order chi connectivity index (χ1) is 24.6. The van der Waals surface area contributed by atoms with Crippen LogP contribution in [0.1, 0.15) is 41.5 Å². The summed E-state index contributed by atoms with van der Waals surface area (Å²) in [5.74, 6) is -5.93. The summed E-state index contributed by atoms with van der Waals surface area (Å²) in [5.41, 5.74) is 0. The molecule has 0 aromatic rings. The summed E-state index contributed by atoms with van der Waals surface area (Å²) in [5, 5.41) is 21.7. The van der Waals surface area contributed by atoms with E-state index in [2.05, 4.69) is 0 Å². The Morgan fingerprint density at radius 3 is 0.611 bits per heavy atom. The third kappa shape index (κ3) is 35.3. The molecule has 0 N–H and O–H groups in total. The van der Waals surface area contributed by atoms with E-state index >= 15 is 0 Å². The minimum absolute atomic E-state index is 0. The molecule has 0 aromatic carbocycles. The van der Waals surface area contributed by atoms with E-state index in [4.69, 9.17) is 28.4 Å². The first kappa shape index (κ1) is 58.3. The first-order valence-electron chi connectivity index (χ1n) is 16.9. The molecule has 0 aliphatic rings.